The summed E-state index contributed by atoms with van der Waals surface area (Å²) in [5, 5.41) is 11.5. The maximum absolute atomic E-state index is 14.0. The number of nitro benzene ring substituents is 1. The van der Waals surface area contributed by atoms with E-state index in [2.05, 4.69) is 15.9 Å². The Bertz CT molecular complexity index is 1700. The molecule has 204 valence electrons. The van der Waals surface area contributed by atoms with Crippen molar-refractivity contribution in [3.63, 3.8) is 0 Å². The number of hydrogen-bond donors (Lipinski definition) is 0. The minimum absolute atomic E-state index is 0.112. The van der Waals surface area contributed by atoms with Gasteiger partial charge in [-0.25, -0.2) is 4.90 Å². The molecule has 0 N–H and O–H groups in total. The number of nitro groups is 1. The van der Waals surface area contributed by atoms with Gasteiger partial charge in [-0.1, -0.05) is 70.5 Å². The lowest BCUT2D eigenvalue weighted by atomic mass is 9.85. The molecule has 0 radical (unpaired) electrons. The first kappa shape index (κ1) is 26.5. The summed E-state index contributed by atoms with van der Waals surface area (Å²) >= 11 is 3.37. The van der Waals surface area contributed by atoms with Gasteiger partial charge < -0.3 is 4.90 Å². The molecule has 0 aromatic heterocycles. The quantitative estimate of drug-likeness (QED) is 0.166. The Morgan fingerprint density at radius 3 is 2.27 bits per heavy atom. The molecule has 3 aromatic rings. The number of imide groups is 1. The Morgan fingerprint density at radius 2 is 1.59 bits per heavy atom. The zero-order valence-corrected chi connectivity index (χ0v) is 23.2. The highest BCUT2D eigenvalue weighted by atomic mass is 79.9. The number of ketones is 2. The summed E-state index contributed by atoms with van der Waals surface area (Å²) in [4.78, 5) is 68.9. The molecule has 0 bridgehead atoms. The van der Waals surface area contributed by atoms with Crippen LogP contribution in [0.4, 0.5) is 11.4 Å². The van der Waals surface area contributed by atoms with Crippen molar-refractivity contribution < 1.29 is 24.1 Å². The largest absolute Gasteiger partial charge is 0.359 e. The first-order chi connectivity index (χ1) is 19.7. The fourth-order valence-electron chi connectivity index (χ4n) is 5.93. The lowest BCUT2D eigenvalue weighted by Crippen LogP contribution is -2.46. The standard InChI is InChI=1S/C31H22BrN3O6/c1-17-7-12-22(35(40)41)16-23(17)34-30(38)25-24-15-20(28(36)18-5-3-2-4-6-18)13-14-33(24)27(26(25)31(34)39)29(37)19-8-10-21(32)11-9-19/h2-16,24-27H,1H3/t24-,25+,26+,27-/m0/s1. The monoisotopic (exact) mass is 611 g/mol. The van der Waals surface area contributed by atoms with Crippen LogP contribution in [-0.4, -0.2) is 45.3 Å². The van der Waals surface area contributed by atoms with Crippen molar-refractivity contribution in [2.45, 2.75) is 19.0 Å². The number of carbonyl (C=O) groups excluding carboxylic acids is 4. The fourth-order valence-corrected chi connectivity index (χ4v) is 6.19. The van der Waals surface area contributed by atoms with E-state index >= 15 is 0 Å². The van der Waals surface area contributed by atoms with E-state index in [0.717, 1.165) is 9.37 Å². The van der Waals surface area contributed by atoms with Crippen LogP contribution in [0.3, 0.4) is 0 Å². The van der Waals surface area contributed by atoms with E-state index in [1.165, 1.54) is 18.2 Å². The van der Waals surface area contributed by atoms with Gasteiger partial charge in [0.05, 0.1) is 28.5 Å². The second-order valence-electron chi connectivity index (χ2n) is 10.2. The van der Waals surface area contributed by atoms with Crippen LogP contribution in [0, 0.1) is 28.9 Å². The number of carbonyl (C=O) groups is 4. The van der Waals surface area contributed by atoms with Crippen LogP contribution in [0.2, 0.25) is 0 Å². The van der Waals surface area contributed by atoms with Crippen LogP contribution >= 0.6 is 15.9 Å². The third kappa shape index (κ3) is 4.31. The van der Waals surface area contributed by atoms with Gasteiger partial charge in [0.15, 0.2) is 11.6 Å². The molecule has 3 aliphatic heterocycles. The lowest BCUT2D eigenvalue weighted by molar-refractivity contribution is -0.384. The van der Waals surface area contributed by atoms with Crippen molar-refractivity contribution in [1.82, 2.24) is 4.90 Å². The molecule has 0 spiro atoms. The zero-order valence-electron chi connectivity index (χ0n) is 21.6. The highest BCUT2D eigenvalue weighted by Crippen LogP contribution is 2.48. The number of anilines is 1. The van der Waals surface area contributed by atoms with Gasteiger partial charge in [0.1, 0.15) is 6.04 Å². The SMILES string of the molecule is Cc1ccc([N+](=O)[O-])cc1N1C(=O)[C@@H]2[C@H](C1=O)[C@@H]1C=C(C(=O)c3ccccc3)C=CN1[C@@H]2C(=O)c1ccc(Br)cc1. The maximum atomic E-state index is 14.0. The second-order valence-corrected chi connectivity index (χ2v) is 11.1. The van der Waals surface area contributed by atoms with Crippen LogP contribution in [0.25, 0.3) is 0 Å². The lowest BCUT2D eigenvalue weighted by Gasteiger charge is -2.33. The third-order valence-electron chi connectivity index (χ3n) is 7.89. The normalized spacial score (nSPS) is 22.8. The number of fused-ring (bicyclic) bond motifs is 3. The summed E-state index contributed by atoms with van der Waals surface area (Å²) < 4.78 is 0.778. The number of halogens is 1. The van der Waals surface area contributed by atoms with Crippen LogP contribution < -0.4 is 4.90 Å². The van der Waals surface area contributed by atoms with Crippen LogP contribution in [-0.2, 0) is 9.59 Å². The first-order valence-corrected chi connectivity index (χ1v) is 13.7. The molecule has 9 nitrogen and oxygen atoms in total. The Kier molecular flexibility index (Phi) is 6.50. The predicted molar refractivity (Wildman–Crippen MR) is 153 cm³/mol. The van der Waals surface area contributed by atoms with Gasteiger partial charge in [0.25, 0.3) is 5.69 Å². The molecule has 0 aliphatic carbocycles. The smallest absolute Gasteiger partial charge is 0.271 e. The molecule has 4 atom stereocenters. The van der Waals surface area contributed by atoms with E-state index in [-0.39, 0.29) is 22.9 Å². The molecule has 10 heteroatoms. The number of aryl methyl sites for hydroxylation is 1. The highest BCUT2D eigenvalue weighted by molar-refractivity contribution is 9.10. The van der Waals surface area contributed by atoms with Gasteiger partial charge in [-0.15, -0.1) is 0 Å². The summed E-state index contributed by atoms with van der Waals surface area (Å²) in [6.45, 7) is 1.66. The van der Waals surface area contributed by atoms with E-state index in [1.807, 2.05) is 0 Å². The summed E-state index contributed by atoms with van der Waals surface area (Å²) in [5.74, 6) is -3.80. The van der Waals surface area contributed by atoms with E-state index in [1.54, 1.807) is 84.8 Å². The van der Waals surface area contributed by atoms with Crippen LogP contribution in [0.15, 0.2) is 101 Å². The molecule has 3 heterocycles. The van der Waals surface area contributed by atoms with Crippen molar-refractivity contribution in [2.24, 2.45) is 11.8 Å². The molecule has 6 rings (SSSR count). The third-order valence-corrected chi connectivity index (χ3v) is 8.42. The van der Waals surface area contributed by atoms with Crippen molar-refractivity contribution in [2.75, 3.05) is 4.90 Å². The Hall–Kier alpha value is -4.70. The van der Waals surface area contributed by atoms with Crippen LogP contribution in [0.1, 0.15) is 26.3 Å². The topological polar surface area (TPSA) is 118 Å². The minimum atomic E-state index is -1.06. The van der Waals surface area contributed by atoms with E-state index in [0.29, 0.717) is 22.3 Å². The van der Waals surface area contributed by atoms with Gasteiger partial charge in [-0.3, -0.25) is 29.3 Å². The van der Waals surface area contributed by atoms with Gasteiger partial charge >= 0.3 is 0 Å². The van der Waals surface area contributed by atoms with Crippen molar-refractivity contribution in [3.8, 4) is 0 Å². The molecular formula is C31H22BrN3O6. The molecule has 3 aliphatic rings. The number of allylic oxidation sites excluding steroid dienone is 2. The molecule has 2 amide bonds. The van der Waals surface area contributed by atoms with E-state index in [4.69, 9.17) is 0 Å². The second kappa shape index (κ2) is 10.0. The molecular weight excluding hydrogens is 590 g/mol. The highest BCUT2D eigenvalue weighted by Gasteiger charge is 2.63. The Morgan fingerprint density at radius 1 is 0.902 bits per heavy atom. The molecule has 2 saturated heterocycles. The minimum Gasteiger partial charge on any atom is -0.359 e. The summed E-state index contributed by atoms with van der Waals surface area (Å²) in [6, 6.07) is 17.7. The Balaban J connectivity index is 1.45. The summed E-state index contributed by atoms with van der Waals surface area (Å²) in [5.41, 5.74) is 1.54. The van der Waals surface area contributed by atoms with Crippen molar-refractivity contribution >= 4 is 50.7 Å². The van der Waals surface area contributed by atoms with Gasteiger partial charge in [0.2, 0.25) is 11.8 Å². The fraction of sp³-hybridized carbons (Fsp3) is 0.161. The molecule has 0 saturated carbocycles. The number of benzene rings is 3. The van der Waals surface area contributed by atoms with Gasteiger partial charge in [-0.2, -0.15) is 0 Å². The maximum Gasteiger partial charge on any atom is 0.271 e. The van der Waals surface area contributed by atoms with Gasteiger partial charge in [-0.05, 0) is 30.7 Å². The number of rotatable bonds is 6. The zero-order chi connectivity index (χ0) is 29.0. The van der Waals surface area contributed by atoms with Crippen molar-refractivity contribution in [1.29, 1.82) is 0 Å². The summed E-state index contributed by atoms with van der Waals surface area (Å²) in [6.07, 6.45) is 4.87. The molecule has 2 fully saturated rings. The first-order valence-electron chi connectivity index (χ1n) is 12.9. The molecule has 41 heavy (non-hydrogen) atoms. The average Bonchev–Trinajstić information content (AvgIpc) is 3.44. The molecule has 0 unspecified atom stereocenters. The number of amides is 2. The number of Topliss-reactive ketones (excluding diaryl/α,β-unsaturated/α-hetero) is 2. The van der Waals surface area contributed by atoms with Crippen molar-refractivity contribution in [3.05, 3.63) is 128 Å². The number of nitrogens with zero attached hydrogens (tertiary/aromatic N) is 3. The molecule has 3 aromatic carbocycles. The van der Waals surface area contributed by atoms with E-state index in [9.17, 15) is 29.3 Å². The average molecular weight is 612 g/mol. The Labute approximate surface area is 243 Å². The van der Waals surface area contributed by atoms with E-state index < -0.39 is 40.7 Å². The van der Waals surface area contributed by atoms with Crippen LogP contribution in [0.5, 0.6) is 0 Å². The van der Waals surface area contributed by atoms with Gasteiger partial charge in [0, 0.05) is 39.5 Å². The summed E-state index contributed by atoms with van der Waals surface area (Å²) in [7, 11) is 0. The number of hydrogen-bond acceptors (Lipinski definition) is 7. The number of non-ortho nitro benzene ring substituents is 1. The predicted octanol–water partition coefficient (Wildman–Crippen LogP) is 5.04.